The first-order chi connectivity index (χ1) is 11.5. The summed E-state index contributed by atoms with van der Waals surface area (Å²) in [5.41, 5.74) is 0. The van der Waals surface area contributed by atoms with Gasteiger partial charge in [0, 0.05) is 52.0 Å². The fraction of sp³-hybridized carbons (Fsp3) is 0.944. The minimum Gasteiger partial charge on any atom is -0.382 e. The number of rotatable bonds is 14. The molecule has 7 heteroatoms. The van der Waals surface area contributed by atoms with Crippen LogP contribution in [0.5, 0.6) is 0 Å². The van der Waals surface area contributed by atoms with Gasteiger partial charge in [0.15, 0.2) is 5.96 Å². The minimum atomic E-state index is 0. The molecular weight excluding hydrogens is 431 g/mol. The molecule has 0 atom stereocenters. The van der Waals surface area contributed by atoms with Crippen molar-refractivity contribution >= 4 is 29.9 Å². The molecule has 0 heterocycles. The van der Waals surface area contributed by atoms with E-state index in [-0.39, 0.29) is 24.0 Å². The summed E-state index contributed by atoms with van der Waals surface area (Å²) in [6, 6.07) is 1.18. The maximum Gasteiger partial charge on any atom is 0.191 e. The fourth-order valence-electron chi connectivity index (χ4n) is 2.52. The number of nitrogens with zero attached hydrogens (tertiary/aromatic N) is 2. The summed E-state index contributed by atoms with van der Waals surface area (Å²) < 4.78 is 10.4. The van der Waals surface area contributed by atoms with E-state index in [0.29, 0.717) is 25.3 Å². The lowest BCUT2D eigenvalue weighted by Crippen LogP contribution is -2.41. The van der Waals surface area contributed by atoms with Crippen LogP contribution in [0.4, 0.5) is 0 Å². The summed E-state index contributed by atoms with van der Waals surface area (Å²) in [6.07, 6.45) is 2.04. The molecule has 0 rings (SSSR count). The molecule has 0 saturated heterocycles. The SMILES string of the molecule is CCNC(=NCCCOCCOC)NCCCN(C(C)C)C(C)C.I. The molecule has 0 spiro atoms. The summed E-state index contributed by atoms with van der Waals surface area (Å²) in [6.45, 7) is 16.8. The van der Waals surface area contributed by atoms with Crippen molar-refractivity contribution in [2.24, 2.45) is 4.99 Å². The molecule has 0 aromatic rings. The van der Waals surface area contributed by atoms with Crippen LogP contribution in [0, 0.1) is 0 Å². The van der Waals surface area contributed by atoms with Crippen molar-refractivity contribution in [3.05, 3.63) is 0 Å². The summed E-state index contributed by atoms with van der Waals surface area (Å²) in [5.74, 6) is 0.898. The molecule has 0 unspecified atom stereocenters. The van der Waals surface area contributed by atoms with Crippen LogP contribution in [0.3, 0.4) is 0 Å². The smallest absolute Gasteiger partial charge is 0.191 e. The third kappa shape index (κ3) is 15.8. The number of hydrogen-bond donors (Lipinski definition) is 2. The summed E-state index contributed by atoms with van der Waals surface area (Å²) in [7, 11) is 1.68. The first kappa shape index (κ1) is 27.1. The number of ether oxygens (including phenoxy) is 2. The molecule has 0 aliphatic carbocycles. The molecule has 0 aliphatic rings. The molecular formula is C18H41IN4O2. The number of halogens is 1. The zero-order chi connectivity index (χ0) is 18.2. The van der Waals surface area contributed by atoms with E-state index in [0.717, 1.165) is 51.6 Å². The van der Waals surface area contributed by atoms with E-state index in [1.165, 1.54) is 0 Å². The van der Waals surface area contributed by atoms with Crippen molar-refractivity contribution in [1.82, 2.24) is 15.5 Å². The van der Waals surface area contributed by atoms with E-state index in [2.05, 4.69) is 55.1 Å². The topological polar surface area (TPSA) is 58.1 Å². The Hall–Kier alpha value is -0.120. The van der Waals surface area contributed by atoms with Gasteiger partial charge in [-0.3, -0.25) is 9.89 Å². The van der Waals surface area contributed by atoms with Crippen LogP contribution < -0.4 is 10.6 Å². The zero-order valence-corrected chi connectivity index (χ0v) is 19.5. The van der Waals surface area contributed by atoms with Crippen molar-refractivity contribution in [2.75, 3.05) is 53.1 Å². The van der Waals surface area contributed by atoms with Gasteiger partial charge in [-0.15, -0.1) is 24.0 Å². The van der Waals surface area contributed by atoms with Crippen molar-refractivity contribution in [2.45, 2.75) is 59.5 Å². The lowest BCUT2D eigenvalue weighted by Gasteiger charge is -2.30. The summed E-state index contributed by atoms with van der Waals surface area (Å²) in [4.78, 5) is 7.10. The van der Waals surface area contributed by atoms with Crippen LogP contribution >= 0.6 is 24.0 Å². The number of nitrogens with one attached hydrogen (secondary N) is 2. The average molecular weight is 472 g/mol. The molecule has 0 aromatic carbocycles. The standard InChI is InChI=1S/C18H40N4O2.HI/c1-7-19-18(21-11-9-13-24-15-14-23-6)20-10-8-12-22(16(2)3)17(4)5;/h16-17H,7-15H2,1-6H3,(H2,19,20,21);1H. The van der Waals surface area contributed by atoms with Gasteiger partial charge in [0.1, 0.15) is 0 Å². The van der Waals surface area contributed by atoms with Crippen LogP contribution in [-0.2, 0) is 9.47 Å². The maximum atomic E-state index is 5.44. The average Bonchev–Trinajstić information content (AvgIpc) is 2.52. The molecule has 0 fully saturated rings. The van der Waals surface area contributed by atoms with Crippen LogP contribution in [0.25, 0.3) is 0 Å². The summed E-state index contributed by atoms with van der Waals surface area (Å²) >= 11 is 0. The number of hydrogen-bond acceptors (Lipinski definition) is 4. The third-order valence-electron chi connectivity index (χ3n) is 3.70. The monoisotopic (exact) mass is 472 g/mol. The Morgan fingerprint density at radius 3 is 2.24 bits per heavy atom. The molecule has 0 aromatic heterocycles. The Morgan fingerprint density at radius 1 is 1.00 bits per heavy atom. The van der Waals surface area contributed by atoms with Crippen molar-refractivity contribution < 1.29 is 9.47 Å². The van der Waals surface area contributed by atoms with Gasteiger partial charge in [0.2, 0.25) is 0 Å². The number of aliphatic imine (C=N–C) groups is 1. The second-order valence-corrected chi connectivity index (χ2v) is 6.43. The normalized spacial score (nSPS) is 12.0. The van der Waals surface area contributed by atoms with Crippen molar-refractivity contribution in [3.63, 3.8) is 0 Å². The van der Waals surface area contributed by atoms with Gasteiger partial charge in [-0.05, 0) is 47.5 Å². The second-order valence-electron chi connectivity index (χ2n) is 6.43. The Bertz CT molecular complexity index is 307. The van der Waals surface area contributed by atoms with E-state index in [4.69, 9.17) is 9.47 Å². The first-order valence-electron chi connectivity index (χ1n) is 9.37. The predicted octanol–water partition coefficient (Wildman–Crippen LogP) is 2.72. The molecule has 0 radical (unpaired) electrons. The lowest BCUT2D eigenvalue weighted by molar-refractivity contribution is 0.0702. The van der Waals surface area contributed by atoms with Gasteiger partial charge < -0.3 is 20.1 Å². The Balaban J connectivity index is 0. The Labute approximate surface area is 172 Å². The van der Waals surface area contributed by atoms with Gasteiger partial charge in [-0.25, -0.2) is 0 Å². The van der Waals surface area contributed by atoms with Gasteiger partial charge in [-0.2, -0.15) is 0 Å². The molecule has 6 nitrogen and oxygen atoms in total. The molecule has 0 aliphatic heterocycles. The molecule has 2 N–H and O–H groups in total. The van der Waals surface area contributed by atoms with Crippen LogP contribution in [-0.4, -0.2) is 76.1 Å². The largest absolute Gasteiger partial charge is 0.382 e. The third-order valence-corrected chi connectivity index (χ3v) is 3.70. The Morgan fingerprint density at radius 2 is 1.68 bits per heavy atom. The van der Waals surface area contributed by atoms with Crippen LogP contribution in [0.2, 0.25) is 0 Å². The van der Waals surface area contributed by atoms with E-state index in [1.807, 2.05) is 0 Å². The van der Waals surface area contributed by atoms with Gasteiger partial charge in [0.05, 0.1) is 13.2 Å². The van der Waals surface area contributed by atoms with E-state index in [9.17, 15) is 0 Å². The molecule has 0 bridgehead atoms. The highest BCUT2D eigenvalue weighted by Crippen LogP contribution is 2.05. The Kier molecular flexibility index (Phi) is 20.2. The van der Waals surface area contributed by atoms with Gasteiger partial charge >= 0.3 is 0 Å². The zero-order valence-electron chi connectivity index (χ0n) is 17.1. The molecule has 25 heavy (non-hydrogen) atoms. The van der Waals surface area contributed by atoms with Crippen molar-refractivity contribution in [1.29, 1.82) is 0 Å². The highest BCUT2D eigenvalue weighted by Gasteiger charge is 2.12. The molecule has 0 amide bonds. The first-order valence-corrected chi connectivity index (χ1v) is 9.37. The van der Waals surface area contributed by atoms with Gasteiger partial charge in [-0.1, -0.05) is 0 Å². The van der Waals surface area contributed by atoms with Gasteiger partial charge in [0.25, 0.3) is 0 Å². The molecule has 152 valence electrons. The number of methoxy groups -OCH3 is 1. The highest BCUT2D eigenvalue weighted by molar-refractivity contribution is 14.0. The molecule has 0 saturated carbocycles. The fourth-order valence-corrected chi connectivity index (χ4v) is 2.52. The van der Waals surface area contributed by atoms with Crippen LogP contribution in [0.1, 0.15) is 47.5 Å². The van der Waals surface area contributed by atoms with Crippen LogP contribution in [0.15, 0.2) is 4.99 Å². The second kappa shape index (κ2) is 18.7. The quantitative estimate of drug-likeness (QED) is 0.176. The van der Waals surface area contributed by atoms with E-state index in [1.54, 1.807) is 7.11 Å². The van der Waals surface area contributed by atoms with E-state index < -0.39 is 0 Å². The van der Waals surface area contributed by atoms with Crippen molar-refractivity contribution in [3.8, 4) is 0 Å². The summed E-state index contributed by atoms with van der Waals surface area (Å²) in [5, 5.41) is 6.71. The predicted molar refractivity (Wildman–Crippen MR) is 118 cm³/mol. The number of guanidine groups is 1. The minimum absolute atomic E-state index is 0. The van der Waals surface area contributed by atoms with E-state index >= 15 is 0 Å². The lowest BCUT2D eigenvalue weighted by atomic mass is 10.2. The maximum absolute atomic E-state index is 5.44. The highest BCUT2D eigenvalue weighted by atomic mass is 127.